The van der Waals surface area contributed by atoms with Crippen LogP contribution in [0.2, 0.25) is 0 Å². The number of rotatable bonds is 8. The Morgan fingerprint density at radius 2 is 1.88 bits per heavy atom. The molecule has 1 saturated heterocycles. The van der Waals surface area contributed by atoms with Crippen LogP contribution in [-0.2, 0) is 24.4 Å². The molecule has 0 atom stereocenters. The number of nitrogens with one attached hydrogen (secondary N) is 2. The van der Waals surface area contributed by atoms with Gasteiger partial charge in [-0.1, -0.05) is 36.4 Å². The van der Waals surface area contributed by atoms with Crippen molar-refractivity contribution in [2.45, 2.75) is 45.8 Å². The van der Waals surface area contributed by atoms with Crippen molar-refractivity contribution in [3.05, 3.63) is 65.5 Å². The lowest BCUT2D eigenvalue weighted by atomic mass is 10.1. The fourth-order valence-corrected chi connectivity index (χ4v) is 4.28. The van der Waals surface area contributed by atoms with E-state index in [0.717, 1.165) is 49.8 Å². The van der Waals surface area contributed by atoms with Crippen LogP contribution in [0.15, 0.2) is 53.5 Å². The van der Waals surface area contributed by atoms with Crippen molar-refractivity contribution in [2.24, 2.45) is 4.99 Å². The summed E-state index contributed by atoms with van der Waals surface area (Å²) in [6.07, 6.45) is 2.60. The molecule has 1 aromatic heterocycles. The number of nitrogens with zero attached hydrogens (tertiary/aromatic N) is 4. The summed E-state index contributed by atoms with van der Waals surface area (Å²) in [5.41, 5.74) is 4.61. The van der Waals surface area contributed by atoms with E-state index in [1.54, 1.807) is 7.05 Å². The first-order valence-corrected chi connectivity index (χ1v) is 11.4. The molecule has 0 radical (unpaired) electrons. The number of aromatic nitrogens is 2. The van der Waals surface area contributed by atoms with Gasteiger partial charge in [0.1, 0.15) is 5.82 Å². The quantitative estimate of drug-likeness (QED) is 0.326. The molecule has 0 bridgehead atoms. The first-order chi connectivity index (χ1) is 15.7. The third-order valence-corrected chi connectivity index (χ3v) is 6.02. The minimum atomic E-state index is 0.256. The van der Waals surface area contributed by atoms with Crippen molar-refractivity contribution in [1.29, 1.82) is 0 Å². The predicted octanol–water partition coefficient (Wildman–Crippen LogP) is 3.22. The maximum absolute atomic E-state index is 12.0. The molecular weight excluding hydrogens is 400 g/mol. The summed E-state index contributed by atoms with van der Waals surface area (Å²) in [4.78, 5) is 23.0. The van der Waals surface area contributed by atoms with Crippen molar-refractivity contribution in [2.75, 3.05) is 20.1 Å². The molecule has 0 saturated carbocycles. The summed E-state index contributed by atoms with van der Waals surface area (Å²) >= 11 is 0. The summed E-state index contributed by atoms with van der Waals surface area (Å²) in [5.74, 6) is 2.08. The number of benzene rings is 2. The summed E-state index contributed by atoms with van der Waals surface area (Å²) in [6.45, 7) is 5.99. The van der Waals surface area contributed by atoms with Crippen molar-refractivity contribution < 1.29 is 4.79 Å². The molecule has 168 valence electrons. The molecule has 4 rings (SSSR count). The molecule has 1 aliphatic heterocycles. The van der Waals surface area contributed by atoms with Gasteiger partial charge in [-0.25, -0.2) is 4.98 Å². The number of carbonyl (C=O) groups excluding carboxylic acids is 1. The van der Waals surface area contributed by atoms with Crippen molar-refractivity contribution in [3.8, 4) is 0 Å². The first-order valence-electron chi connectivity index (χ1n) is 11.4. The monoisotopic (exact) mass is 432 g/mol. The van der Waals surface area contributed by atoms with Crippen LogP contribution in [0, 0.1) is 6.92 Å². The topological polar surface area (TPSA) is 74.6 Å². The van der Waals surface area contributed by atoms with Crippen LogP contribution in [0.4, 0.5) is 0 Å². The zero-order valence-corrected chi connectivity index (χ0v) is 19.0. The van der Waals surface area contributed by atoms with Crippen LogP contribution >= 0.6 is 0 Å². The van der Waals surface area contributed by atoms with Gasteiger partial charge in [-0.2, -0.15) is 0 Å². The highest BCUT2D eigenvalue weighted by Gasteiger charge is 2.20. The number of amides is 1. The number of hydrogen-bond donors (Lipinski definition) is 2. The van der Waals surface area contributed by atoms with Gasteiger partial charge in [0.05, 0.1) is 11.0 Å². The number of para-hydroxylation sites is 2. The SMILES string of the molecule is CN=C(NCCCn1c(C)nc2ccccc21)NCc1ccccc1CN1CCCC1=O. The number of aliphatic imine (C=N–C) groups is 1. The Kier molecular flexibility index (Phi) is 7.04. The minimum Gasteiger partial charge on any atom is -0.356 e. The van der Waals surface area contributed by atoms with E-state index in [9.17, 15) is 4.79 Å². The fraction of sp³-hybridized carbons (Fsp3) is 0.400. The molecule has 0 aliphatic carbocycles. The van der Waals surface area contributed by atoms with Crippen LogP contribution < -0.4 is 10.6 Å². The van der Waals surface area contributed by atoms with Crippen molar-refractivity contribution in [1.82, 2.24) is 25.1 Å². The van der Waals surface area contributed by atoms with Gasteiger partial charge in [0.2, 0.25) is 5.91 Å². The molecule has 7 heteroatoms. The Labute approximate surface area is 189 Å². The summed E-state index contributed by atoms with van der Waals surface area (Å²) < 4.78 is 2.27. The van der Waals surface area contributed by atoms with E-state index in [1.807, 2.05) is 23.1 Å². The molecule has 1 fully saturated rings. The summed E-state index contributed by atoms with van der Waals surface area (Å²) in [6, 6.07) is 16.6. The minimum absolute atomic E-state index is 0.256. The average molecular weight is 433 g/mol. The highest BCUT2D eigenvalue weighted by atomic mass is 16.2. The van der Waals surface area contributed by atoms with E-state index in [-0.39, 0.29) is 5.91 Å². The van der Waals surface area contributed by atoms with Crippen LogP contribution in [0.5, 0.6) is 0 Å². The van der Waals surface area contributed by atoms with Crippen LogP contribution in [0.1, 0.15) is 36.2 Å². The number of imidazole rings is 1. The lowest BCUT2D eigenvalue weighted by Gasteiger charge is -2.19. The Bertz CT molecular complexity index is 1100. The number of carbonyl (C=O) groups is 1. The Morgan fingerprint density at radius 3 is 2.66 bits per heavy atom. The largest absolute Gasteiger partial charge is 0.356 e. The van der Waals surface area contributed by atoms with Crippen molar-refractivity contribution in [3.63, 3.8) is 0 Å². The van der Waals surface area contributed by atoms with Crippen LogP contribution in [0.25, 0.3) is 11.0 Å². The van der Waals surface area contributed by atoms with Gasteiger partial charge < -0.3 is 20.1 Å². The van der Waals surface area contributed by atoms with E-state index in [1.165, 1.54) is 16.6 Å². The van der Waals surface area contributed by atoms with Gasteiger partial charge in [0.25, 0.3) is 0 Å². The Morgan fingerprint density at radius 1 is 1.09 bits per heavy atom. The van der Waals surface area contributed by atoms with Gasteiger partial charge in [0, 0.05) is 46.2 Å². The lowest BCUT2D eigenvalue weighted by Crippen LogP contribution is -2.38. The van der Waals surface area contributed by atoms with E-state index in [0.29, 0.717) is 19.5 Å². The second-order valence-electron chi connectivity index (χ2n) is 8.19. The average Bonchev–Trinajstić information content (AvgIpc) is 3.36. The van der Waals surface area contributed by atoms with Gasteiger partial charge in [-0.05, 0) is 43.0 Å². The number of hydrogen-bond acceptors (Lipinski definition) is 3. The third kappa shape index (κ3) is 5.10. The van der Waals surface area contributed by atoms with E-state index in [2.05, 4.69) is 62.4 Å². The molecule has 0 spiro atoms. The molecule has 2 heterocycles. The highest BCUT2D eigenvalue weighted by molar-refractivity contribution is 5.80. The molecule has 1 aliphatic rings. The molecule has 1 amide bonds. The van der Waals surface area contributed by atoms with Gasteiger partial charge in [-0.3, -0.25) is 9.79 Å². The first kappa shape index (κ1) is 21.9. The molecule has 2 N–H and O–H groups in total. The standard InChI is InChI=1S/C25H32N6O/c1-19-29-22-11-5-6-12-23(22)31(19)16-8-14-27-25(26-2)28-17-20-9-3-4-10-21(20)18-30-15-7-13-24(30)32/h3-6,9-12H,7-8,13-18H2,1-2H3,(H2,26,27,28). The Balaban J connectivity index is 1.27. The van der Waals surface area contributed by atoms with Gasteiger partial charge >= 0.3 is 0 Å². The maximum Gasteiger partial charge on any atom is 0.222 e. The van der Waals surface area contributed by atoms with Crippen molar-refractivity contribution >= 4 is 22.9 Å². The number of guanidine groups is 1. The van der Waals surface area contributed by atoms with Crippen LogP contribution in [0.3, 0.4) is 0 Å². The van der Waals surface area contributed by atoms with E-state index in [4.69, 9.17) is 0 Å². The smallest absolute Gasteiger partial charge is 0.222 e. The van der Waals surface area contributed by atoms with E-state index >= 15 is 0 Å². The zero-order chi connectivity index (χ0) is 22.3. The molecule has 7 nitrogen and oxygen atoms in total. The Hall–Kier alpha value is -3.35. The third-order valence-electron chi connectivity index (χ3n) is 6.02. The summed E-state index contributed by atoms with van der Waals surface area (Å²) in [7, 11) is 1.79. The highest BCUT2D eigenvalue weighted by Crippen LogP contribution is 2.17. The second-order valence-corrected chi connectivity index (χ2v) is 8.19. The predicted molar refractivity (Wildman–Crippen MR) is 128 cm³/mol. The second kappa shape index (κ2) is 10.3. The fourth-order valence-electron chi connectivity index (χ4n) is 4.28. The number of fused-ring (bicyclic) bond motifs is 1. The summed E-state index contributed by atoms with van der Waals surface area (Å²) in [5, 5.41) is 6.82. The molecule has 32 heavy (non-hydrogen) atoms. The number of likely N-dealkylation sites (tertiary alicyclic amines) is 1. The zero-order valence-electron chi connectivity index (χ0n) is 19.0. The molecular formula is C25H32N6O. The molecule has 2 aromatic carbocycles. The molecule has 0 unspecified atom stereocenters. The lowest BCUT2D eigenvalue weighted by molar-refractivity contribution is -0.128. The van der Waals surface area contributed by atoms with E-state index < -0.39 is 0 Å². The van der Waals surface area contributed by atoms with Gasteiger partial charge in [0.15, 0.2) is 5.96 Å². The van der Waals surface area contributed by atoms with Crippen LogP contribution in [-0.4, -0.2) is 46.5 Å². The molecule has 3 aromatic rings. The number of aryl methyl sites for hydroxylation is 2. The van der Waals surface area contributed by atoms with Gasteiger partial charge in [-0.15, -0.1) is 0 Å². The maximum atomic E-state index is 12.0. The normalized spacial score (nSPS) is 14.4.